The first-order valence-corrected chi connectivity index (χ1v) is 8.22. The van der Waals surface area contributed by atoms with E-state index in [0.717, 1.165) is 25.8 Å². The number of methoxy groups -OCH3 is 1. The van der Waals surface area contributed by atoms with Crippen molar-refractivity contribution in [2.75, 3.05) is 26.0 Å². The van der Waals surface area contributed by atoms with Crippen molar-refractivity contribution in [1.82, 2.24) is 9.97 Å². The number of hydrogen-bond acceptors (Lipinski definition) is 5. The molecule has 7 heteroatoms. The zero-order valence-electron chi connectivity index (χ0n) is 12.8. The molecule has 2 aromatic rings. The molecule has 0 radical (unpaired) electrons. The van der Waals surface area contributed by atoms with Crippen LogP contribution in [0.1, 0.15) is 0 Å². The molecule has 0 bridgehead atoms. The number of halogens is 2. The molecule has 120 valence electrons. The molecule has 1 aromatic heterocycles. The molecular formula is C16H16ClIN4O. The van der Waals surface area contributed by atoms with Crippen LogP contribution in [0.5, 0.6) is 5.75 Å². The fourth-order valence-corrected chi connectivity index (χ4v) is 2.76. The molecule has 0 saturated heterocycles. The van der Waals surface area contributed by atoms with Gasteiger partial charge in [-0.05, 0) is 58.0 Å². The molecule has 0 unspecified atom stereocenters. The van der Waals surface area contributed by atoms with Crippen LogP contribution < -0.4 is 10.1 Å². The summed E-state index contributed by atoms with van der Waals surface area (Å²) in [4.78, 5) is 12.4. The van der Waals surface area contributed by atoms with Crippen molar-refractivity contribution in [2.45, 2.75) is 0 Å². The van der Waals surface area contributed by atoms with E-state index in [2.05, 4.69) is 49.4 Å². The molecule has 0 amide bonds. The zero-order valence-corrected chi connectivity index (χ0v) is 15.7. The molecule has 5 nitrogen and oxygen atoms in total. The molecule has 0 saturated carbocycles. The average molecular weight is 443 g/mol. The van der Waals surface area contributed by atoms with Crippen molar-refractivity contribution in [3.8, 4) is 5.75 Å². The number of aliphatic imine (C=N–C) groups is 1. The van der Waals surface area contributed by atoms with Gasteiger partial charge in [-0.3, -0.25) is 4.99 Å². The van der Waals surface area contributed by atoms with E-state index in [1.54, 1.807) is 20.4 Å². The summed E-state index contributed by atoms with van der Waals surface area (Å²) in [6.45, 7) is 4.51. The van der Waals surface area contributed by atoms with Crippen LogP contribution in [0.2, 0.25) is 5.28 Å². The molecule has 1 aromatic carbocycles. The van der Waals surface area contributed by atoms with Crippen molar-refractivity contribution in [3.63, 3.8) is 0 Å². The average Bonchev–Trinajstić information content (AvgIpc) is 2.52. The summed E-state index contributed by atoms with van der Waals surface area (Å²) in [5, 5.41) is 4.28. The SMILES string of the molecule is C=C(/C=C\C=NC)CNc1nc(Cl)nc2cc(I)c(OC)cc12. The summed E-state index contributed by atoms with van der Waals surface area (Å²) in [6.07, 6.45) is 5.42. The van der Waals surface area contributed by atoms with Gasteiger partial charge in [0.1, 0.15) is 11.6 Å². The molecule has 1 heterocycles. The Hall–Kier alpha value is -1.67. The van der Waals surface area contributed by atoms with Gasteiger partial charge >= 0.3 is 0 Å². The number of ether oxygens (including phenoxy) is 1. The van der Waals surface area contributed by atoms with Gasteiger partial charge in [0.15, 0.2) is 0 Å². The number of benzene rings is 1. The zero-order chi connectivity index (χ0) is 16.8. The first-order chi connectivity index (χ1) is 11.0. The molecule has 0 fully saturated rings. The Balaban J connectivity index is 2.30. The van der Waals surface area contributed by atoms with Crippen molar-refractivity contribution in [1.29, 1.82) is 0 Å². The maximum Gasteiger partial charge on any atom is 0.224 e. The minimum absolute atomic E-state index is 0.195. The quantitative estimate of drug-likeness (QED) is 0.316. The van der Waals surface area contributed by atoms with E-state index in [9.17, 15) is 0 Å². The van der Waals surface area contributed by atoms with Crippen LogP contribution in [0.25, 0.3) is 10.9 Å². The topological polar surface area (TPSA) is 59.4 Å². The highest BCUT2D eigenvalue weighted by Crippen LogP contribution is 2.30. The van der Waals surface area contributed by atoms with Gasteiger partial charge < -0.3 is 10.1 Å². The lowest BCUT2D eigenvalue weighted by Gasteiger charge is -2.11. The Morgan fingerprint density at radius 1 is 1.48 bits per heavy atom. The fraction of sp³-hybridized carbons (Fsp3) is 0.188. The molecule has 0 atom stereocenters. The minimum Gasteiger partial charge on any atom is -0.496 e. The number of hydrogen-bond donors (Lipinski definition) is 1. The van der Waals surface area contributed by atoms with Crippen molar-refractivity contribution >= 4 is 57.1 Å². The fourth-order valence-electron chi connectivity index (χ4n) is 1.91. The predicted molar refractivity (Wildman–Crippen MR) is 105 cm³/mol. The van der Waals surface area contributed by atoms with Crippen LogP contribution in [-0.4, -0.2) is 36.9 Å². The summed E-state index contributed by atoms with van der Waals surface area (Å²) in [7, 11) is 3.35. The maximum atomic E-state index is 6.02. The molecule has 2 rings (SSSR count). The second-order valence-electron chi connectivity index (χ2n) is 4.62. The van der Waals surface area contributed by atoms with Gasteiger partial charge in [0.2, 0.25) is 5.28 Å². The van der Waals surface area contributed by atoms with E-state index in [4.69, 9.17) is 16.3 Å². The Morgan fingerprint density at radius 3 is 2.96 bits per heavy atom. The summed E-state index contributed by atoms with van der Waals surface area (Å²) in [5.41, 5.74) is 1.65. The number of allylic oxidation sites excluding steroid dienone is 1. The van der Waals surface area contributed by atoms with Crippen LogP contribution in [0, 0.1) is 3.57 Å². The highest BCUT2D eigenvalue weighted by molar-refractivity contribution is 14.1. The van der Waals surface area contributed by atoms with Crippen LogP contribution in [0.15, 0.2) is 41.4 Å². The highest BCUT2D eigenvalue weighted by atomic mass is 127. The molecule has 0 spiro atoms. The molecule has 1 N–H and O–H groups in total. The normalized spacial score (nSPS) is 11.5. The largest absolute Gasteiger partial charge is 0.496 e. The molecular weight excluding hydrogens is 427 g/mol. The van der Waals surface area contributed by atoms with Crippen LogP contribution in [-0.2, 0) is 0 Å². The van der Waals surface area contributed by atoms with Gasteiger partial charge in [0, 0.05) is 25.2 Å². The maximum absolute atomic E-state index is 6.02. The van der Waals surface area contributed by atoms with E-state index >= 15 is 0 Å². The van der Waals surface area contributed by atoms with Gasteiger partial charge in [0.25, 0.3) is 0 Å². The van der Waals surface area contributed by atoms with Gasteiger partial charge in [0.05, 0.1) is 16.2 Å². The lowest BCUT2D eigenvalue weighted by atomic mass is 10.2. The second kappa shape index (κ2) is 8.26. The van der Waals surface area contributed by atoms with Gasteiger partial charge in [-0.1, -0.05) is 12.7 Å². The van der Waals surface area contributed by atoms with Crippen molar-refractivity contribution < 1.29 is 4.74 Å². The lowest BCUT2D eigenvalue weighted by Crippen LogP contribution is -2.06. The Bertz CT molecular complexity index is 789. The van der Waals surface area contributed by atoms with Crippen LogP contribution in [0.4, 0.5) is 5.82 Å². The number of nitrogens with one attached hydrogen (secondary N) is 1. The first-order valence-electron chi connectivity index (χ1n) is 6.76. The lowest BCUT2D eigenvalue weighted by molar-refractivity contribution is 0.412. The Labute approximate surface area is 153 Å². The van der Waals surface area contributed by atoms with Crippen molar-refractivity contribution in [3.05, 3.63) is 45.3 Å². The van der Waals surface area contributed by atoms with E-state index in [0.29, 0.717) is 12.4 Å². The third kappa shape index (κ3) is 4.65. The number of anilines is 1. The van der Waals surface area contributed by atoms with Crippen LogP contribution in [0.3, 0.4) is 0 Å². The third-order valence-electron chi connectivity index (χ3n) is 2.99. The van der Waals surface area contributed by atoms with Gasteiger partial charge in [-0.2, -0.15) is 0 Å². The number of nitrogens with zero attached hydrogens (tertiary/aromatic N) is 3. The highest BCUT2D eigenvalue weighted by Gasteiger charge is 2.11. The second-order valence-corrected chi connectivity index (χ2v) is 6.12. The standard InChI is InChI=1S/C16H16ClIN4O/c1-10(5-4-6-19-2)9-20-15-11-7-14(23-3)12(18)8-13(11)21-16(17)22-15/h4-8H,1,9H2,2-3H3,(H,20,21,22)/b5-4-,19-6?. The summed E-state index contributed by atoms with van der Waals surface area (Å²) < 4.78 is 6.32. The molecule has 0 aliphatic rings. The number of rotatable bonds is 6. The first kappa shape index (κ1) is 17.7. The molecule has 23 heavy (non-hydrogen) atoms. The summed E-state index contributed by atoms with van der Waals surface area (Å²) in [5.74, 6) is 1.42. The molecule has 0 aliphatic carbocycles. The third-order valence-corrected chi connectivity index (χ3v) is 4.00. The Kier molecular flexibility index (Phi) is 6.35. The smallest absolute Gasteiger partial charge is 0.224 e. The number of aromatic nitrogens is 2. The van der Waals surface area contributed by atoms with E-state index < -0.39 is 0 Å². The van der Waals surface area contributed by atoms with Crippen molar-refractivity contribution in [2.24, 2.45) is 4.99 Å². The monoisotopic (exact) mass is 442 g/mol. The summed E-state index contributed by atoms with van der Waals surface area (Å²) >= 11 is 8.22. The van der Waals surface area contributed by atoms with Crippen LogP contribution >= 0.6 is 34.2 Å². The van der Waals surface area contributed by atoms with E-state index in [-0.39, 0.29) is 5.28 Å². The van der Waals surface area contributed by atoms with Gasteiger partial charge in [-0.25, -0.2) is 9.97 Å². The minimum atomic E-state index is 0.195. The number of fused-ring (bicyclic) bond motifs is 1. The predicted octanol–water partition coefficient (Wildman–Crippen LogP) is 4.12. The summed E-state index contributed by atoms with van der Waals surface area (Å²) in [6, 6.07) is 3.82. The van der Waals surface area contributed by atoms with Gasteiger partial charge in [-0.15, -0.1) is 0 Å². The van der Waals surface area contributed by atoms with E-state index in [1.807, 2.05) is 24.3 Å². The Morgan fingerprint density at radius 2 is 2.26 bits per heavy atom. The molecule has 0 aliphatic heterocycles. The van der Waals surface area contributed by atoms with E-state index in [1.165, 1.54) is 0 Å².